The zero-order valence-electron chi connectivity index (χ0n) is 10.7. The van der Waals surface area contributed by atoms with Crippen molar-refractivity contribution in [1.29, 1.82) is 0 Å². The fraction of sp³-hybridized carbons (Fsp3) is 0.462. The number of halogens is 1. The van der Waals surface area contributed by atoms with Gasteiger partial charge in [0.15, 0.2) is 0 Å². The lowest BCUT2D eigenvalue weighted by molar-refractivity contribution is -0.144. The molecule has 0 aliphatic rings. The van der Waals surface area contributed by atoms with Crippen molar-refractivity contribution in [3.8, 4) is 0 Å². The van der Waals surface area contributed by atoms with Gasteiger partial charge in [-0.3, -0.25) is 4.79 Å². The summed E-state index contributed by atoms with van der Waals surface area (Å²) in [4.78, 5) is 12.3. The van der Waals surface area contributed by atoms with E-state index >= 15 is 0 Å². The highest BCUT2D eigenvalue weighted by Gasteiger charge is 2.33. The summed E-state index contributed by atoms with van der Waals surface area (Å²) in [6, 6.07) is 7.59. The second kappa shape index (κ2) is 6.45. The maximum Gasteiger partial charge on any atom is 0.323 e. The van der Waals surface area contributed by atoms with Crippen LogP contribution in [-0.2, 0) is 4.79 Å². The van der Waals surface area contributed by atoms with Crippen molar-refractivity contribution in [2.45, 2.75) is 36.0 Å². The highest BCUT2D eigenvalue weighted by molar-refractivity contribution is 8.00. The summed E-state index contributed by atoms with van der Waals surface area (Å²) < 4.78 is 0. The van der Waals surface area contributed by atoms with Gasteiger partial charge in [-0.2, -0.15) is 0 Å². The molecule has 2 atom stereocenters. The Morgan fingerprint density at radius 1 is 1.61 bits per heavy atom. The third kappa shape index (κ3) is 4.19. The van der Waals surface area contributed by atoms with Crippen LogP contribution in [0.4, 0.5) is 0 Å². The molecule has 0 saturated carbocycles. The largest absolute Gasteiger partial charge is 0.480 e. The van der Waals surface area contributed by atoms with Gasteiger partial charge in [0.05, 0.1) is 0 Å². The molecule has 0 amide bonds. The Morgan fingerprint density at radius 3 is 2.78 bits per heavy atom. The topological polar surface area (TPSA) is 49.3 Å². The van der Waals surface area contributed by atoms with Crippen molar-refractivity contribution in [2.75, 3.05) is 7.05 Å². The Labute approximate surface area is 117 Å². The molecule has 0 radical (unpaired) electrons. The standard InChI is InChI=1S/C13H18ClNO2S/c1-9(8-13(2,15-3)12(16)17)18-11-6-4-5-10(14)7-11/h4-7,9,15H,8H2,1-3H3,(H,16,17). The van der Waals surface area contributed by atoms with Gasteiger partial charge in [0.25, 0.3) is 0 Å². The molecule has 0 bridgehead atoms. The van der Waals surface area contributed by atoms with E-state index in [0.717, 1.165) is 4.90 Å². The van der Waals surface area contributed by atoms with Gasteiger partial charge in [-0.15, -0.1) is 11.8 Å². The maximum absolute atomic E-state index is 11.2. The number of nitrogens with one attached hydrogen (secondary N) is 1. The van der Waals surface area contributed by atoms with E-state index in [1.807, 2.05) is 31.2 Å². The molecule has 3 nitrogen and oxygen atoms in total. The first-order chi connectivity index (χ1) is 8.37. The molecule has 1 aromatic carbocycles. The predicted molar refractivity (Wildman–Crippen MR) is 76.5 cm³/mol. The highest BCUT2D eigenvalue weighted by atomic mass is 35.5. The molecule has 100 valence electrons. The molecule has 0 heterocycles. The fourth-order valence-corrected chi connectivity index (χ4v) is 3.17. The molecule has 0 saturated heterocycles. The molecular formula is C13H18ClNO2S. The molecular weight excluding hydrogens is 270 g/mol. The monoisotopic (exact) mass is 287 g/mol. The minimum Gasteiger partial charge on any atom is -0.480 e. The van der Waals surface area contributed by atoms with E-state index in [1.54, 1.807) is 25.7 Å². The summed E-state index contributed by atoms with van der Waals surface area (Å²) >= 11 is 7.55. The van der Waals surface area contributed by atoms with Crippen LogP contribution in [-0.4, -0.2) is 28.9 Å². The summed E-state index contributed by atoms with van der Waals surface area (Å²) in [6.45, 7) is 3.72. The van der Waals surface area contributed by atoms with Crippen LogP contribution in [0.1, 0.15) is 20.3 Å². The number of likely N-dealkylation sites (N-methyl/N-ethyl adjacent to an activating group) is 1. The number of thioether (sulfide) groups is 1. The molecule has 0 spiro atoms. The fourth-order valence-electron chi connectivity index (χ4n) is 1.69. The van der Waals surface area contributed by atoms with Crippen molar-refractivity contribution < 1.29 is 9.90 Å². The van der Waals surface area contributed by atoms with Crippen molar-refractivity contribution in [1.82, 2.24) is 5.32 Å². The van der Waals surface area contributed by atoms with E-state index in [9.17, 15) is 9.90 Å². The van der Waals surface area contributed by atoms with Crippen LogP contribution in [0.15, 0.2) is 29.2 Å². The Balaban J connectivity index is 2.66. The predicted octanol–water partition coefficient (Wildman–Crippen LogP) is 3.27. The van der Waals surface area contributed by atoms with Gasteiger partial charge in [0, 0.05) is 15.2 Å². The highest BCUT2D eigenvalue weighted by Crippen LogP contribution is 2.30. The average molecular weight is 288 g/mol. The molecule has 1 rings (SSSR count). The summed E-state index contributed by atoms with van der Waals surface area (Å²) in [5.74, 6) is -0.830. The van der Waals surface area contributed by atoms with Gasteiger partial charge in [-0.25, -0.2) is 0 Å². The minimum atomic E-state index is -0.898. The van der Waals surface area contributed by atoms with Gasteiger partial charge in [-0.1, -0.05) is 24.6 Å². The Hall–Kier alpha value is -0.710. The van der Waals surface area contributed by atoms with E-state index in [0.29, 0.717) is 11.4 Å². The minimum absolute atomic E-state index is 0.178. The Kier molecular flexibility index (Phi) is 5.50. The van der Waals surface area contributed by atoms with Crippen LogP contribution in [0, 0.1) is 0 Å². The number of rotatable bonds is 6. The zero-order chi connectivity index (χ0) is 13.8. The molecule has 0 aliphatic heterocycles. The van der Waals surface area contributed by atoms with Crippen molar-refractivity contribution in [2.24, 2.45) is 0 Å². The van der Waals surface area contributed by atoms with E-state index in [1.165, 1.54) is 0 Å². The second-order valence-corrected chi connectivity index (χ2v) is 6.43. The van der Waals surface area contributed by atoms with Gasteiger partial charge in [-0.05, 0) is 38.6 Å². The molecule has 0 aromatic heterocycles. The normalized spacial score (nSPS) is 16.0. The molecule has 18 heavy (non-hydrogen) atoms. The van der Waals surface area contributed by atoms with E-state index in [4.69, 9.17) is 11.6 Å². The van der Waals surface area contributed by atoms with Crippen LogP contribution in [0.5, 0.6) is 0 Å². The number of carboxylic acids is 1. The number of hydrogen-bond acceptors (Lipinski definition) is 3. The number of benzene rings is 1. The molecule has 0 aliphatic carbocycles. The van der Waals surface area contributed by atoms with Crippen LogP contribution in [0.2, 0.25) is 5.02 Å². The van der Waals surface area contributed by atoms with Gasteiger partial charge in [0.2, 0.25) is 0 Å². The first kappa shape index (κ1) is 15.3. The lowest BCUT2D eigenvalue weighted by Gasteiger charge is -2.27. The van der Waals surface area contributed by atoms with Gasteiger partial charge in [0.1, 0.15) is 5.54 Å². The Morgan fingerprint density at radius 2 is 2.28 bits per heavy atom. The number of aliphatic carboxylic acids is 1. The van der Waals surface area contributed by atoms with Crippen LogP contribution in [0.25, 0.3) is 0 Å². The Bertz CT molecular complexity index is 427. The number of hydrogen-bond donors (Lipinski definition) is 2. The molecule has 0 fully saturated rings. The van der Waals surface area contributed by atoms with Crippen LogP contribution < -0.4 is 5.32 Å². The summed E-state index contributed by atoms with van der Waals surface area (Å²) in [5.41, 5.74) is -0.898. The maximum atomic E-state index is 11.2. The van der Waals surface area contributed by atoms with Crippen molar-refractivity contribution in [3.05, 3.63) is 29.3 Å². The first-order valence-corrected chi connectivity index (χ1v) is 6.97. The molecule has 1 aromatic rings. The quantitative estimate of drug-likeness (QED) is 0.789. The smallest absolute Gasteiger partial charge is 0.323 e. The SMILES string of the molecule is CNC(C)(CC(C)Sc1cccc(Cl)c1)C(=O)O. The average Bonchev–Trinajstić information content (AvgIpc) is 2.28. The first-order valence-electron chi connectivity index (χ1n) is 5.72. The summed E-state index contributed by atoms with van der Waals surface area (Å²) in [6.07, 6.45) is 0.538. The molecule has 2 N–H and O–H groups in total. The summed E-state index contributed by atoms with van der Waals surface area (Å²) in [5, 5.41) is 12.9. The number of carboxylic acid groups (broad SMARTS) is 1. The third-order valence-corrected chi connectivity index (χ3v) is 4.18. The van der Waals surface area contributed by atoms with E-state index in [2.05, 4.69) is 5.32 Å². The molecule has 2 unspecified atom stereocenters. The van der Waals surface area contributed by atoms with Crippen molar-refractivity contribution in [3.63, 3.8) is 0 Å². The lowest BCUT2D eigenvalue weighted by atomic mass is 9.96. The number of carbonyl (C=O) groups is 1. The second-order valence-electron chi connectivity index (χ2n) is 4.48. The van der Waals surface area contributed by atoms with Gasteiger partial charge >= 0.3 is 5.97 Å². The van der Waals surface area contributed by atoms with E-state index in [-0.39, 0.29) is 5.25 Å². The van der Waals surface area contributed by atoms with E-state index < -0.39 is 11.5 Å². The van der Waals surface area contributed by atoms with Gasteiger partial charge < -0.3 is 10.4 Å². The molecule has 5 heteroatoms. The van der Waals surface area contributed by atoms with Crippen LogP contribution >= 0.6 is 23.4 Å². The van der Waals surface area contributed by atoms with Crippen molar-refractivity contribution >= 4 is 29.3 Å². The van der Waals surface area contributed by atoms with Crippen LogP contribution in [0.3, 0.4) is 0 Å². The third-order valence-electron chi connectivity index (χ3n) is 2.85. The summed E-state index contributed by atoms with van der Waals surface area (Å²) in [7, 11) is 1.67. The lowest BCUT2D eigenvalue weighted by Crippen LogP contribution is -2.49. The zero-order valence-corrected chi connectivity index (χ0v) is 12.3.